The van der Waals surface area contributed by atoms with E-state index >= 15 is 0 Å². The van der Waals surface area contributed by atoms with Crippen molar-refractivity contribution < 1.29 is 8.68 Å². The van der Waals surface area contributed by atoms with Gasteiger partial charge in [0, 0.05) is 27.7 Å². The van der Waals surface area contributed by atoms with Gasteiger partial charge in [-0.05, 0) is 17.7 Å². The maximum Gasteiger partial charge on any atom is 0.213 e. The summed E-state index contributed by atoms with van der Waals surface area (Å²) in [6, 6.07) is 22.5. The van der Waals surface area contributed by atoms with Gasteiger partial charge in [0.2, 0.25) is 5.69 Å². The molecule has 1 aliphatic rings. The summed E-state index contributed by atoms with van der Waals surface area (Å²) in [5.41, 5.74) is 6.49. The van der Waals surface area contributed by atoms with E-state index in [1.54, 1.807) is 0 Å². The van der Waals surface area contributed by atoms with Crippen LogP contribution in [0.15, 0.2) is 66.7 Å². The van der Waals surface area contributed by atoms with Crippen LogP contribution in [0.4, 0.5) is 0 Å². The second kappa shape index (κ2) is 4.85. The Morgan fingerprint density at radius 2 is 1.71 bits per heavy atom. The predicted octanol–water partition coefficient (Wildman–Crippen LogP) is 4.23. The summed E-state index contributed by atoms with van der Waals surface area (Å²) in [5.74, 6) is 0. The lowest BCUT2D eigenvalue weighted by molar-refractivity contribution is -0.679. The van der Waals surface area contributed by atoms with Crippen molar-refractivity contribution in [2.75, 3.05) is 0 Å². The fraction of sp³-hybridized carbons (Fsp3) is 0.150. The van der Waals surface area contributed by atoms with E-state index in [2.05, 4.69) is 28.8 Å². The first kappa shape index (κ1) is 9.51. The zero-order chi connectivity index (χ0) is 16.7. The van der Waals surface area contributed by atoms with Crippen molar-refractivity contribution in [1.82, 2.24) is 0 Å². The van der Waals surface area contributed by atoms with E-state index < -0.39 is 6.85 Å². The van der Waals surface area contributed by atoms with Gasteiger partial charge in [0.15, 0.2) is 12.2 Å². The quantitative estimate of drug-likeness (QED) is 0.482. The van der Waals surface area contributed by atoms with Crippen LogP contribution in [0.5, 0.6) is 0 Å². The van der Waals surface area contributed by atoms with Crippen LogP contribution in [-0.2, 0) is 13.0 Å². The third-order valence-corrected chi connectivity index (χ3v) is 4.21. The number of benzene rings is 2. The summed E-state index contributed by atoms with van der Waals surface area (Å²) in [4.78, 5) is 0. The average Bonchev–Trinajstić information content (AvgIpc) is 2.94. The van der Waals surface area contributed by atoms with Gasteiger partial charge in [0.25, 0.3) is 0 Å². The molecule has 0 unspecified atom stereocenters. The molecule has 0 spiro atoms. The van der Waals surface area contributed by atoms with Crippen LogP contribution in [0.1, 0.15) is 22.2 Å². The summed E-state index contributed by atoms with van der Waals surface area (Å²) in [6.45, 7) is -1.27. The smallest absolute Gasteiger partial charge is 0.191 e. The highest BCUT2D eigenvalue weighted by molar-refractivity contribution is 5.69. The Balaban J connectivity index is 1.93. The summed E-state index contributed by atoms with van der Waals surface area (Å²) in [6.07, 6.45) is 0.0685. The molecule has 0 amide bonds. The van der Waals surface area contributed by atoms with Crippen molar-refractivity contribution in [3.05, 3.63) is 78.0 Å². The van der Waals surface area contributed by atoms with Crippen molar-refractivity contribution in [1.29, 1.82) is 0 Å². The van der Waals surface area contributed by atoms with Crippen LogP contribution in [0.25, 0.3) is 22.4 Å². The molecule has 3 aromatic rings. The molecule has 0 fully saturated rings. The summed E-state index contributed by atoms with van der Waals surface area (Å²) in [7, 11) is 0. The highest BCUT2D eigenvalue weighted by Gasteiger charge is 2.29. The monoisotopic (exact) mass is 275 g/mol. The first-order valence-electron chi connectivity index (χ1n) is 8.72. The minimum atomic E-state index is -2.00. The maximum atomic E-state index is 7.77. The Morgan fingerprint density at radius 3 is 2.57 bits per heavy atom. The van der Waals surface area contributed by atoms with E-state index in [0.717, 1.165) is 29.1 Å². The lowest BCUT2D eigenvalue weighted by Gasteiger charge is -2.07. The number of hydrogen-bond acceptors (Lipinski definition) is 0. The second-order valence-electron chi connectivity index (χ2n) is 5.37. The van der Waals surface area contributed by atoms with Crippen LogP contribution in [0, 0.1) is 0 Å². The number of rotatable bonds is 2. The maximum absolute atomic E-state index is 7.77. The molecule has 0 radical (unpaired) electrons. The Labute approximate surface area is 129 Å². The fourth-order valence-corrected chi connectivity index (χ4v) is 3.20. The van der Waals surface area contributed by atoms with Crippen LogP contribution >= 0.6 is 0 Å². The third-order valence-electron chi connectivity index (χ3n) is 4.21. The molecular formula is C20H18N+. The van der Waals surface area contributed by atoms with E-state index in [1.165, 1.54) is 11.1 Å². The van der Waals surface area contributed by atoms with E-state index in [1.807, 2.05) is 42.5 Å². The highest BCUT2D eigenvalue weighted by atomic mass is 15.0. The first-order valence-corrected chi connectivity index (χ1v) is 7.22. The largest absolute Gasteiger partial charge is 0.213 e. The average molecular weight is 275 g/mol. The van der Waals surface area contributed by atoms with Gasteiger partial charge in [-0.1, -0.05) is 55.4 Å². The topological polar surface area (TPSA) is 3.88 Å². The first-order chi connectivity index (χ1) is 11.5. The number of fused-ring (bicyclic) bond motifs is 3. The van der Waals surface area contributed by atoms with E-state index in [0.29, 0.717) is 0 Å². The van der Waals surface area contributed by atoms with Crippen LogP contribution in [0.3, 0.4) is 0 Å². The molecule has 2 heterocycles. The zero-order valence-electron chi connectivity index (χ0n) is 14.7. The van der Waals surface area contributed by atoms with E-state index in [4.69, 9.17) is 4.11 Å². The normalized spacial score (nSPS) is 14.8. The van der Waals surface area contributed by atoms with Crippen molar-refractivity contribution in [3.63, 3.8) is 0 Å². The van der Waals surface area contributed by atoms with Crippen molar-refractivity contribution in [3.8, 4) is 22.4 Å². The summed E-state index contributed by atoms with van der Waals surface area (Å²) >= 11 is 0. The van der Waals surface area contributed by atoms with Crippen LogP contribution < -0.4 is 4.57 Å². The standard InChI is InChI=1S/C20H18N/c1-2-19-18(15-8-4-3-5-9-15)12-13-20-17-11-7-6-10-16(17)14-21(19)20/h3-13H,2,14H2,1H3/q+1/i1D3. The van der Waals surface area contributed by atoms with Gasteiger partial charge in [0.1, 0.15) is 0 Å². The molecule has 21 heavy (non-hydrogen) atoms. The molecule has 102 valence electrons. The second-order valence-corrected chi connectivity index (χ2v) is 5.37. The molecule has 4 rings (SSSR count). The Kier molecular flexibility index (Phi) is 2.20. The predicted molar refractivity (Wildman–Crippen MR) is 86.0 cm³/mol. The Bertz CT molecular complexity index is 899. The van der Waals surface area contributed by atoms with Crippen molar-refractivity contribution in [2.24, 2.45) is 0 Å². The van der Waals surface area contributed by atoms with Gasteiger partial charge in [-0.3, -0.25) is 0 Å². The van der Waals surface area contributed by atoms with Crippen LogP contribution in [0.2, 0.25) is 0 Å². The SMILES string of the molecule is [2H]C([2H])([2H])Cc1c(-c2ccccc2)ccc2[n+]1Cc1ccccc1-2. The number of nitrogens with zero attached hydrogens (tertiary/aromatic N) is 1. The minimum absolute atomic E-state index is 0.0685. The van der Waals surface area contributed by atoms with Gasteiger partial charge in [-0.15, -0.1) is 0 Å². The zero-order valence-corrected chi connectivity index (χ0v) is 11.7. The van der Waals surface area contributed by atoms with Gasteiger partial charge in [0.05, 0.1) is 5.56 Å². The molecule has 0 aliphatic carbocycles. The number of aromatic nitrogens is 1. The molecule has 1 aliphatic heterocycles. The molecule has 0 atom stereocenters. The molecule has 0 bridgehead atoms. The van der Waals surface area contributed by atoms with E-state index in [-0.39, 0.29) is 6.42 Å². The summed E-state index contributed by atoms with van der Waals surface area (Å²) < 4.78 is 25.5. The molecule has 0 saturated carbocycles. The van der Waals surface area contributed by atoms with Crippen molar-refractivity contribution in [2.45, 2.75) is 19.8 Å². The van der Waals surface area contributed by atoms with Gasteiger partial charge in [-0.25, -0.2) is 0 Å². The number of hydrogen-bond donors (Lipinski definition) is 0. The lowest BCUT2D eigenvalue weighted by atomic mass is 10.0. The third kappa shape index (κ3) is 1.89. The molecular weight excluding hydrogens is 254 g/mol. The molecule has 0 saturated heterocycles. The summed E-state index contributed by atoms with van der Waals surface area (Å²) in [5, 5.41) is 0. The Morgan fingerprint density at radius 1 is 0.905 bits per heavy atom. The van der Waals surface area contributed by atoms with Crippen molar-refractivity contribution >= 4 is 0 Å². The van der Waals surface area contributed by atoms with Gasteiger partial charge in [-0.2, -0.15) is 4.57 Å². The Hall–Kier alpha value is -2.41. The lowest BCUT2D eigenvalue weighted by Crippen LogP contribution is -2.37. The molecule has 1 heteroatoms. The molecule has 1 aromatic heterocycles. The van der Waals surface area contributed by atoms with E-state index in [9.17, 15) is 0 Å². The number of pyridine rings is 1. The van der Waals surface area contributed by atoms with Gasteiger partial charge < -0.3 is 0 Å². The van der Waals surface area contributed by atoms with Gasteiger partial charge >= 0.3 is 0 Å². The molecule has 0 N–H and O–H groups in total. The molecule has 2 aromatic carbocycles. The minimum Gasteiger partial charge on any atom is -0.191 e. The molecule has 1 nitrogen and oxygen atoms in total. The fourth-order valence-electron chi connectivity index (χ4n) is 3.20. The highest BCUT2D eigenvalue weighted by Crippen LogP contribution is 2.31. The van der Waals surface area contributed by atoms with Crippen LogP contribution in [-0.4, -0.2) is 0 Å².